The molecule has 1 heterocycles. The van der Waals surface area contributed by atoms with Crippen molar-refractivity contribution in [3.05, 3.63) is 35.0 Å². The van der Waals surface area contributed by atoms with Crippen molar-refractivity contribution in [2.75, 3.05) is 6.54 Å². The number of nitrogens with one attached hydrogen (secondary N) is 1. The van der Waals surface area contributed by atoms with Gasteiger partial charge in [-0.05, 0) is 76.5 Å². The number of benzene rings is 1. The Kier molecular flexibility index (Phi) is 12.3. The lowest BCUT2D eigenvalue weighted by Crippen LogP contribution is -2.45. The molecule has 0 aliphatic heterocycles. The van der Waals surface area contributed by atoms with Gasteiger partial charge in [-0.3, -0.25) is 9.48 Å². The molecule has 3 rings (SSSR count). The second-order valence-electron chi connectivity index (χ2n) is 12.7. The van der Waals surface area contributed by atoms with E-state index < -0.39 is 53.3 Å². The minimum Gasteiger partial charge on any atom is -0.434 e. The maximum atomic E-state index is 13.5. The van der Waals surface area contributed by atoms with Crippen LogP contribution in [0.5, 0.6) is 5.75 Å². The van der Waals surface area contributed by atoms with Crippen LogP contribution in [-0.2, 0) is 24.5 Å². The fraction of sp³-hybridized carbons (Fsp3) is 0.655. The Labute approximate surface area is 256 Å². The molecule has 248 valence electrons. The van der Waals surface area contributed by atoms with Gasteiger partial charge in [-0.1, -0.05) is 26.8 Å². The molecule has 1 aliphatic carbocycles. The van der Waals surface area contributed by atoms with Gasteiger partial charge in [0, 0.05) is 17.7 Å². The van der Waals surface area contributed by atoms with Crippen molar-refractivity contribution in [1.29, 1.82) is 0 Å². The fourth-order valence-electron chi connectivity index (χ4n) is 5.07. The first-order valence-corrected chi connectivity index (χ1v) is 14.7. The minimum atomic E-state index is -4.53. The van der Waals surface area contributed by atoms with Crippen LogP contribution >= 0.6 is 0 Å². The summed E-state index contributed by atoms with van der Waals surface area (Å²) in [6.07, 6.45) is -2.26. The van der Waals surface area contributed by atoms with Gasteiger partial charge in [-0.25, -0.2) is 0 Å². The molecule has 0 atom stereocenters. The summed E-state index contributed by atoms with van der Waals surface area (Å²) in [5, 5.41) is 28.5. The summed E-state index contributed by atoms with van der Waals surface area (Å²) in [5.74, 6) is -0.484. The van der Waals surface area contributed by atoms with Gasteiger partial charge in [0.15, 0.2) is 5.69 Å². The Balaban J connectivity index is 0.00000216. The topological polar surface area (TPSA) is 131 Å². The van der Waals surface area contributed by atoms with Crippen LogP contribution < -0.4 is 10.1 Å². The molecule has 1 fully saturated rings. The van der Waals surface area contributed by atoms with Crippen LogP contribution in [0.1, 0.15) is 81.9 Å². The molecule has 44 heavy (non-hydrogen) atoms. The molecule has 0 spiro atoms. The van der Waals surface area contributed by atoms with E-state index in [-0.39, 0.29) is 41.4 Å². The molecule has 1 aliphatic rings. The number of carbonyl (C=O) groups is 1. The summed E-state index contributed by atoms with van der Waals surface area (Å²) in [6, 6.07) is 3.88. The minimum absolute atomic E-state index is 0.00904. The van der Waals surface area contributed by atoms with Gasteiger partial charge in [-0.15, -0.1) is 0 Å². The number of alkyl halides is 5. The largest absolute Gasteiger partial charge is 0.434 e. The molecule has 1 saturated carbocycles. The van der Waals surface area contributed by atoms with E-state index in [1.807, 2.05) is 0 Å². The highest BCUT2D eigenvalue weighted by Gasteiger charge is 2.47. The zero-order valence-electron chi connectivity index (χ0n) is 25.6. The number of aliphatic hydroxyl groups is 2. The first-order valence-electron chi connectivity index (χ1n) is 14.0. The zero-order valence-corrected chi connectivity index (χ0v) is 26.4. The van der Waals surface area contributed by atoms with E-state index in [2.05, 4.69) is 17.3 Å². The Morgan fingerprint density at radius 1 is 1.18 bits per heavy atom. The van der Waals surface area contributed by atoms with E-state index in [1.165, 1.54) is 30.7 Å². The highest BCUT2D eigenvalue weighted by molar-refractivity contribution is 7.51. The summed E-state index contributed by atoms with van der Waals surface area (Å²) in [7, 11) is 0. The van der Waals surface area contributed by atoms with E-state index in [9.17, 15) is 37.0 Å². The first kappa shape index (κ1) is 37.3. The number of hydrogen-bond donors (Lipinski definition) is 3. The van der Waals surface area contributed by atoms with Crippen LogP contribution in [0.3, 0.4) is 0 Å². The molecular weight excluding hydrogens is 613 g/mol. The van der Waals surface area contributed by atoms with E-state index in [0.717, 1.165) is 32.8 Å². The Morgan fingerprint density at radius 3 is 2.25 bits per heavy atom. The molecule has 2 aromatic rings. The summed E-state index contributed by atoms with van der Waals surface area (Å²) < 4.78 is 90.1. The van der Waals surface area contributed by atoms with Gasteiger partial charge in [0.1, 0.15) is 5.75 Å². The molecule has 1 aromatic heterocycles. The smallest absolute Gasteiger partial charge is 0.394 e. The lowest BCUT2D eigenvalue weighted by molar-refractivity contribution is -0.211. The van der Waals surface area contributed by atoms with Crippen molar-refractivity contribution in [2.24, 2.45) is 11.3 Å². The van der Waals surface area contributed by atoms with Crippen LogP contribution in [0.15, 0.2) is 18.2 Å². The van der Waals surface area contributed by atoms with Gasteiger partial charge in [0.25, 0.3) is 5.91 Å². The van der Waals surface area contributed by atoms with Gasteiger partial charge in [0.05, 0.1) is 28.9 Å². The van der Waals surface area contributed by atoms with Gasteiger partial charge in [0.2, 0.25) is 0 Å². The van der Waals surface area contributed by atoms with Crippen LogP contribution in [0, 0.1) is 18.3 Å². The zero-order chi connectivity index (χ0) is 33.7. The maximum Gasteiger partial charge on any atom is 0.394 e. The normalized spacial score (nSPS) is 19.3. The van der Waals surface area contributed by atoms with E-state index in [0.29, 0.717) is 24.3 Å². The SMILES string of the molecule is Cc1c(C(=O)NCC2(O)CCC(C)CC2)nn(CC(C)(C)O)c1-c1ccc(CC(C)(C)C(F)(F)F)cc1OC(F)F.O=S=O. The van der Waals surface area contributed by atoms with E-state index >= 15 is 0 Å². The number of amides is 1. The van der Waals surface area contributed by atoms with Crippen LogP contribution in [0.25, 0.3) is 11.3 Å². The Bertz CT molecular complexity index is 1330. The predicted octanol–water partition coefficient (Wildman–Crippen LogP) is 5.36. The van der Waals surface area contributed by atoms with Crippen molar-refractivity contribution in [3.63, 3.8) is 0 Å². The monoisotopic (exact) mass is 653 g/mol. The number of hydrogen-bond acceptors (Lipinski definition) is 7. The molecule has 1 aromatic carbocycles. The quantitative estimate of drug-likeness (QED) is 0.294. The van der Waals surface area contributed by atoms with E-state index in [4.69, 9.17) is 13.2 Å². The summed E-state index contributed by atoms with van der Waals surface area (Å²) in [6.45, 7) is 5.32. The molecule has 0 radical (unpaired) electrons. The van der Waals surface area contributed by atoms with Gasteiger partial charge >= 0.3 is 24.4 Å². The summed E-state index contributed by atoms with van der Waals surface area (Å²) in [5.41, 5.74) is -3.85. The molecule has 15 heteroatoms. The standard InChI is InChI=1S/C29H40F5N3O4.O2S/c1-17-9-11-28(40,12-10-17)15-35-24(38)22-18(2)23(37(36-22)16-27(5,6)39)20-8-7-19(13-21(20)41-25(30)31)14-26(3,4)29(32,33)34;1-3-2/h7-8,13,17,25,39-40H,9-12,14-16H2,1-6H3,(H,35,38);. The van der Waals surface area contributed by atoms with Crippen molar-refractivity contribution >= 4 is 17.5 Å². The number of carbonyl (C=O) groups excluding carboxylic acids is 1. The van der Waals surface area contributed by atoms with Crippen LogP contribution in [0.4, 0.5) is 22.0 Å². The van der Waals surface area contributed by atoms with Crippen molar-refractivity contribution in [2.45, 2.75) is 104 Å². The number of aromatic nitrogens is 2. The van der Waals surface area contributed by atoms with Crippen molar-refractivity contribution < 1.29 is 50.1 Å². The number of halogens is 5. The highest BCUT2D eigenvalue weighted by atomic mass is 32.1. The third-order valence-corrected chi connectivity index (χ3v) is 7.65. The lowest BCUT2D eigenvalue weighted by atomic mass is 9.79. The first-order chi connectivity index (χ1) is 20.1. The van der Waals surface area contributed by atoms with E-state index in [1.54, 1.807) is 6.92 Å². The summed E-state index contributed by atoms with van der Waals surface area (Å²) >= 11 is -0.750. The molecule has 0 unspecified atom stereocenters. The third kappa shape index (κ3) is 10.1. The third-order valence-electron chi connectivity index (χ3n) is 7.65. The second-order valence-corrected chi connectivity index (χ2v) is 12.9. The summed E-state index contributed by atoms with van der Waals surface area (Å²) in [4.78, 5) is 13.2. The second kappa shape index (κ2) is 14.5. The molecule has 1 amide bonds. The lowest BCUT2D eigenvalue weighted by Gasteiger charge is -2.34. The average molecular weight is 654 g/mol. The van der Waals surface area contributed by atoms with Gasteiger partial charge in [-0.2, -0.15) is 35.5 Å². The predicted molar refractivity (Wildman–Crippen MR) is 153 cm³/mol. The molecule has 9 nitrogen and oxygen atoms in total. The maximum absolute atomic E-state index is 13.5. The number of nitrogens with zero attached hydrogens (tertiary/aromatic N) is 2. The molecule has 3 N–H and O–H groups in total. The molecule has 0 bridgehead atoms. The molecule has 0 saturated heterocycles. The number of ether oxygens (including phenoxy) is 1. The average Bonchev–Trinajstić information content (AvgIpc) is 3.18. The van der Waals surface area contributed by atoms with Crippen LogP contribution in [-0.4, -0.2) is 64.9 Å². The Morgan fingerprint density at radius 2 is 1.75 bits per heavy atom. The van der Waals surface area contributed by atoms with Gasteiger partial charge < -0.3 is 20.3 Å². The highest BCUT2D eigenvalue weighted by Crippen LogP contribution is 2.42. The van der Waals surface area contributed by atoms with Crippen molar-refractivity contribution in [3.8, 4) is 17.0 Å². The fourth-order valence-corrected chi connectivity index (χ4v) is 5.07. The van der Waals surface area contributed by atoms with Crippen molar-refractivity contribution in [1.82, 2.24) is 15.1 Å². The Hall–Kier alpha value is -2.91. The number of rotatable bonds is 10. The molecular formula is C29H40F5N3O6S. The van der Waals surface area contributed by atoms with Crippen LogP contribution in [0.2, 0.25) is 0 Å².